The summed E-state index contributed by atoms with van der Waals surface area (Å²) in [5.41, 5.74) is 0. The van der Waals surface area contributed by atoms with Crippen LogP contribution in [-0.4, -0.2) is 43.6 Å². The van der Waals surface area contributed by atoms with Crippen molar-refractivity contribution in [2.45, 2.75) is 31.9 Å². The molecule has 4 nitrogen and oxygen atoms in total. The lowest BCUT2D eigenvalue weighted by Crippen LogP contribution is -2.68. The maximum atomic E-state index is 11.6. The van der Waals surface area contributed by atoms with Crippen LogP contribution >= 0.6 is 0 Å². The molecule has 0 saturated carbocycles. The Bertz CT molecular complexity index is 777. The molecule has 0 aliphatic carbocycles. The first kappa shape index (κ1) is 20.4. The fraction of sp³-hybridized carbons (Fsp3) is 0.348. The van der Waals surface area contributed by atoms with Gasteiger partial charge < -0.3 is 14.4 Å². The van der Waals surface area contributed by atoms with Gasteiger partial charge in [0.05, 0.1) is 6.10 Å². The number of benzene rings is 2. The van der Waals surface area contributed by atoms with Crippen LogP contribution in [-0.2, 0) is 4.43 Å². The van der Waals surface area contributed by atoms with Crippen molar-refractivity contribution >= 4 is 24.8 Å². The first-order valence-corrected chi connectivity index (χ1v) is 11.6. The minimum absolute atomic E-state index is 0.0160. The second kappa shape index (κ2) is 7.93. The molecule has 148 valence electrons. The van der Waals surface area contributed by atoms with Crippen molar-refractivity contribution in [3.05, 3.63) is 73.3 Å². The molecule has 2 aromatic carbocycles. The van der Waals surface area contributed by atoms with Gasteiger partial charge in [0.25, 0.3) is 8.32 Å². The summed E-state index contributed by atoms with van der Waals surface area (Å²) in [5.74, 6) is -0.0160. The number of carbonyl (C=O) groups is 1. The van der Waals surface area contributed by atoms with Crippen molar-refractivity contribution in [1.29, 1.82) is 0 Å². The second-order valence-electron chi connectivity index (χ2n) is 8.41. The normalized spacial score (nSPS) is 20.2. The highest BCUT2D eigenvalue weighted by Gasteiger charge is 2.53. The molecule has 28 heavy (non-hydrogen) atoms. The van der Waals surface area contributed by atoms with Gasteiger partial charge in [0.15, 0.2) is 0 Å². The predicted octanol–water partition coefficient (Wildman–Crippen LogP) is 3.73. The van der Waals surface area contributed by atoms with Gasteiger partial charge in [0, 0.05) is 19.0 Å². The SMILES string of the molecule is C=C[C@H]1CN(C(=O)O)C[C@@H]1O[Si](c1ccccc1)(c1ccccc1)C(C)(C)C. The summed E-state index contributed by atoms with van der Waals surface area (Å²) < 4.78 is 7.08. The number of amides is 1. The molecule has 0 spiro atoms. The summed E-state index contributed by atoms with van der Waals surface area (Å²) in [4.78, 5) is 13.0. The number of likely N-dealkylation sites (tertiary alicyclic amines) is 1. The molecule has 1 amide bonds. The molecule has 1 saturated heterocycles. The number of hydrogen-bond acceptors (Lipinski definition) is 2. The van der Waals surface area contributed by atoms with Crippen molar-refractivity contribution in [3.8, 4) is 0 Å². The summed E-state index contributed by atoms with van der Waals surface area (Å²) in [6.07, 6.45) is 0.728. The highest BCUT2D eigenvalue weighted by Crippen LogP contribution is 2.39. The molecule has 1 N–H and O–H groups in total. The van der Waals surface area contributed by atoms with Gasteiger partial charge in [-0.25, -0.2) is 4.79 Å². The zero-order valence-electron chi connectivity index (χ0n) is 16.8. The molecule has 1 aliphatic rings. The number of nitrogens with zero attached hydrogens (tertiary/aromatic N) is 1. The van der Waals surface area contributed by atoms with Crippen molar-refractivity contribution in [1.82, 2.24) is 4.90 Å². The average molecular weight is 396 g/mol. The van der Waals surface area contributed by atoms with E-state index in [4.69, 9.17) is 4.43 Å². The molecule has 1 heterocycles. The van der Waals surface area contributed by atoms with Gasteiger partial charge in [-0.3, -0.25) is 0 Å². The summed E-state index contributed by atoms with van der Waals surface area (Å²) in [5, 5.41) is 11.7. The fourth-order valence-corrected chi connectivity index (χ4v) is 8.94. The van der Waals surface area contributed by atoms with Crippen molar-refractivity contribution in [3.63, 3.8) is 0 Å². The van der Waals surface area contributed by atoms with Crippen LogP contribution in [0.15, 0.2) is 73.3 Å². The Labute approximate surface area is 168 Å². The Balaban J connectivity index is 2.14. The molecule has 3 rings (SSSR count). The van der Waals surface area contributed by atoms with Gasteiger partial charge in [-0.05, 0) is 15.4 Å². The summed E-state index contributed by atoms with van der Waals surface area (Å²) in [7, 11) is -2.70. The van der Waals surface area contributed by atoms with Gasteiger partial charge in [0.2, 0.25) is 0 Å². The monoisotopic (exact) mass is 395 g/mol. The van der Waals surface area contributed by atoms with E-state index in [0.717, 1.165) is 0 Å². The largest absolute Gasteiger partial charge is 0.465 e. The zero-order chi connectivity index (χ0) is 20.4. The Hall–Kier alpha value is -2.37. The third-order valence-electron chi connectivity index (χ3n) is 5.63. The Morgan fingerprint density at radius 3 is 1.96 bits per heavy atom. The van der Waals surface area contributed by atoms with Gasteiger partial charge in [-0.15, -0.1) is 6.58 Å². The van der Waals surface area contributed by atoms with Crippen LogP contribution in [0.3, 0.4) is 0 Å². The third kappa shape index (κ3) is 3.64. The van der Waals surface area contributed by atoms with Gasteiger partial charge in [0.1, 0.15) is 0 Å². The van der Waals surface area contributed by atoms with E-state index in [1.807, 2.05) is 18.2 Å². The zero-order valence-corrected chi connectivity index (χ0v) is 17.8. The second-order valence-corrected chi connectivity index (χ2v) is 12.7. The van der Waals surface area contributed by atoms with Gasteiger partial charge in [-0.1, -0.05) is 87.5 Å². The summed E-state index contributed by atoms with van der Waals surface area (Å²) >= 11 is 0. The molecule has 0 unspecified atom stereocenters. The van der Waals surface area contributed by atoms with Crippen molar-refractivity contribution < 1.29 is 14.3 Å². The van der Waals surface area contributed by atoms with Gasteiger partial charge in [-0.2, -0.15) is 0 Å². The van der Waals surface area contributed by atoms with E-state index in [-0.39, 0.29) is 17.1 Å². The maximum absolute atomic E-state index is 11.6. The van der Waals surface area contributed by atoms with E-state index in [2.05, 4.69) is 75.9 Å². The molecule has 0 radical (unpaired) electrons. The lowest BCUT2D eigenvalue weighted by Gasteiger charge is -2.45. The lowest BCUT2D eigenvalue weighted by atomic mass is 10.1. The van der Waals surface area contributed by atoms with E-state index >= 15 is 0 Å². The van der Waals surface area contributed by atoms with Crippen LogP contribution in [0, 0.1) is 5.92 Å². The summed E-state index contributed by atoms with van der Waals surface area (Å²) in [6.45, 7) is 11.4. The highest BCUT2D eigenvalue weighted by atomic mass is 28.4. The van der Waals surface area contributed by atoms with Crippen LogP contribution < -0.4 is 10.4 Å². The van der Waals surface area contributed by atoms with Crippen LogP contribution in [0.2, 0.25) is 5.04 Å². The molecular formula is C23H29NO3Si. The maximum Gasteiger partial charge on any atom is 0.407 e. The first-order chi connectivity index (χ1) is 13.3. The smallest absolute Gasteiger partial charge is 0.407 e. The lowest BCUT2D eigenvalue weighted by molar-refractivity contribution is 0.142. The number of carboxylic acid groups (broad SMARTS) is 1. The van der Waals surface area contributed by atoms with E-state index < -0.39 is 14.4 Å². The Morgan fingerprint density at radius 1 is 1.07 bits per heavy atom. The van der Waals surface area contributed by atoms with Crippen LogP contribution in [0.5, 0.6) is 0 Å². The number of rotatable bonds is 5. The minimum atomic E-state index is -2.70. The average Bonchev–Trinajstić information content (AvgIpc) is 3.09. The molecule has 2 atom stereocenters. The van der Waals surface area contributed by atoms with Gasteiger partial charge >= 0.3 is 6.09 Å². The molecule has 0 bridgehead atoms. The molecule has 1 aliphatic heterocycles. The van der Waals surface area contributed by atoms with Crippen LogP contribution in [0.25, 0.3) is 0 Å². The van der Waals surface area contributed by atoms with E-state index in [9.17, 15) is 9.90 Å². The fourth-order valence-electron chi connectivity index (χ4n) is 4.22. The van der Waals surface area contributed by atoms with Crippen LogP contribution in [0.1, 0.15) is 20.8 Å². The van der Waals surface area contributed by atoms with E-state index in [1.165, 1.54) is 15.3 Å². The van der Waals surface area contributed by atoms with E-state index in [1.54, 1.807) is 0 Å². The molecular weight excluding hydrogens is 366 g/mol. The van der Waals surface area contributed by atoms with E-state index in [0.29, 0.717) is 13.1 Å². The predicted molar refractivity (Wildman–Crippen MR) is 116 cm³/mol. The quantitative estimate of drug-likeness (QED) is 0.620. The van der Waals surface area contributed by atoms with Crippen molar-refractivity contribution in [2.75, 3.05) is 13.1 Å². The third-order valence-corrected chi connectivity index (χ3v) is 10.7. The highest BCUT2D eigenvalue weighted by molar-refractivity contribution is 6.99. The Morgan fingerprint density at radius 2 is 1.57 bits per heavy atom. The number of hydrogen-bond donors (Lipinski definition) is 1. The summed E-state index contributed by atoms with van der Waals surface area (Å²) in [6, 6.07) is 20.9. The topological polar surface area (TPSA) is 49.8 Å². The molecule has 2 aromatic rings. The molecule has 1 fully saturated rings. The van der Waals surface area contributed by atoms with Crippen LogP contribution in [0.4, 0.5) is 4.79 Å². The standard InChI is InChI=1S/C23H29NO3Si/c1-5-18-16-24(22(25)26)17-21(18)27-28(23(2,3)4,19-12-8-6-9-13-19)20-14-10-7-11-15-20/h5-15,18,21H,1,16-17H2,2-4H3,(H,25,26)/t18-,21-/m0/s1. The first-order valence-electron chi connectivity index (χ1n) is 9.69. The van der Waals surface area contributed by atoms with Crippen molar-refractivity contribution in [2.24, 2.45) is 5.92 Å². The minimum Gasteiger partial charge on any atom is -0.465 e. The Kier molecular flexibility index (Phi) is 5.77. The molecule has 0 aromatic heterocycles. The molecule has 5 heteroatoms.